The second-order valence-corrected chi connectivity index (χ2v) is 8.37. The molecule has 0 aliphatic heterocycles. The molecule has 0 aromatic heterocycles. The number of hydrogen-bond acceptors (Lipinski definition) is 2. The Balaban J connectivity index is 1.62. The van der Waals surface area contributed by atoms with Gasteiger partial charge in [0.25, 0.3) is 0 Å². The summed E-state index contributed by atoms with van der Waals surface area (Å²) >= 11 is 0. The van der Waals surface area contributed by atoms with Crippen molar-refractivity contribution in [3.63, 3.8) is 0 Å². The SMILES string of the molecule is CCCC(CN)c1ccc2c(c1)CC[C@@H](Cc1ccc(OC(C)C)cc1)C2. The Morgan fingerprint density at radius 1 is 1.07 bits per heavy atom. The van der Waals surface area contributed by atoms with E-state index in [2.05, 4.69) is 63.2 Å². The molecule has 146 valence electrons. The molecule has 0 fully saturated rings. The van der Waals surface area contributed by atoms with E-state index >= 15 is 0 Å². The first-order valence-corrected chi connectivity index (χ1v) is 10.7. The van der Waals surface area contributed by atoms with Gasteiger partial charge in [0.1, 0.15) is 5.75 Å². The van der Waals surface area contributed by atoms with Gasteiger partial charge in [-0.05, 0) is 98.7 Å². The molecule has 0 heterocycles. The zero-order valence-corrected chi connectivity index (χ0v) is 17.2. The van der Waals surface area contributed by atoms with Gasteiger partial charge in [-0.2, -0.15) is 0 Å². The minimum Gasteiger partial charge on any atom is -0.491 e. The Morgan fingerprint density at radius 2 is 1.85 bits per heavy atom. The van der Waals surface area contributed by atoms with E-state index in [1.165, 1.54) is 43.2 Å². The highest BCUT2D eigenvalue weighted by molar-refractivity contribution is 5.36. The summed E-state index contributed by atoms with van der Waals surface area (Å²) in [5, 5.41) is 0. The fourth-order valence-corrected chi connectivity index (χ4v) is 4.36. The van der Waals surface area contributed by atoms with E-state index in [1.807, 2.05) is 0 Å². The third-order valence-electron chi connectivity index (χ3n) is 5.77. The molecule has 2 nitrogen and oxygen atoms in total. The topological polar surface area (TPSA) is 35.2 Å². The maximum atomic E-state index is 6.00. The summed E-state index contributed by atoms with van der Waals surface area (Å²) in [5.41, 5.74) is 12.0. The average molecular weight is 366 g/mol. The van der Waals surface area contributed by atoms with E-state index in [0.717, 1.165) is 24.6 Å². The van der Waals surface area contributed by atoms with Gasteiger partial charge in [-0.3, -0.25) is 0 Å². The molecule has 2 heteroatoms. The van der Waals surface area contributed by atoms with Crippen LogP contribution in [0.15, 0.2) is 42.5 Å². The Morgan fingerprint density at radius 3 is 2.52 bits per heavy atom. The number of ether oxygens (including phenoxy) is 1. The van der Waals surface area contributed by atoms with Crippen LogP contribution in [0.4, 0.5) is 0 Å². The molecule has 2 atom stereocenters. The number of nitrogens with two attached hydrogens (primary N) is 1. The first-order chi connectivity index (χ1) is 13.1. The molecule has 2 aromatic rings. The molecule has 0 saturated carbocycles. The lowest BCUT2D eigenvalue weighted by molar-refractivity contribution is 0.242. The Labute approximate surface area is 165 Å². The van der Waals surface area contributed by atoms with Crippen molar-refractivity contribution in [3.8, 4) is 5.75 Å². The largest absolute Gasteiger partial charge is 0.491 e. The molecule has 2 N–H and O–H groups in total. The minimum atomic E-state index is 0.229. The van der Waals surface area contributed by atoms with Crippen molar-refractivity contribution in [1.29, 1.82) is 0 Å². The normalized spacial score (nSPS) is 17.6. The Kier molecular flexibility index (Phi) is 6.95. The van der Waals surface area contributed by atoms with E-state index in [4.69, 9.17) is 10.5 Å². The van der Waals surface area contributed by atoms with Gasteiger partial charge in [-0.25, -0.2) is 0 Å². The Hall–Kier alpha value is -1.80. The summed E-state index contributed by atoms with van der Waals surface area (Å²) in [6.45, 7) is 7.13. The summed E-state index contributed by atoms with van der Waals surface area (Å²) in [5.74, 6) is 2.22. The van der Waals surface area contributed by atoms with Crippen LogP contribution in [0.25, 0.3) is 0 Å². The molecule has 1 unspecified atom stereocenters. The smallest absolute Gasteiger partial charge is 0.119 e. The fourth-order valence-electron chi connectivity index (χ4n) is 4.36. The van der Waals surface area contributed by atoms with Crippen LogP contribution in [0.1, 0.15) is 68.2 Å². The maximum absolute atomic E-state index is 6.00. The second kappa shape index (κ2) is 9.41. The number of fused-ring (bicyclic) bond motifs is 1. The lowest BCUT2D eigenvalue weighted by Crippen LogP contribution is -2.18. The summed E-state index contributed by atoms with van der Waals surface area (Å²) in [6, 6.07) is 15.8. The molecule has 1 aliphatic carbocycles. The highest BCUT2D eigenvalue weighted by Crippen LogP contribution is 2.31. The number of benzene rings is 2. The number of rotatable bonds is 8. The predicted octanol–water partition coefficient (Wildman–Crippen LogP) is 5.66. The van der Waals surface area contributed by atoms with Gasteiger partial charge in [0.05, 0.1) is 6.10 Å². The van der Waals surface area contributed by atoms with E-state index < -0.39 is 0 Å². The molecular formula is C25H35NO. The summed E-state index contributed by atoms with van der Waals surface area (Å²) in [6.07, 6.45) is 7.45. The molecule has 0 amide bonds. The van der Waals surface area contributed by atoms with Gasteiger partial charge in [-0.15, -0.1) is 0 Å². The molecular weight excluding hydrogens is 330 g/mol. The van der Waals surface area contributed by atoms with Crippen molar-refractivity contribution in [3.05, 3.63) is 64.7 Å². The zero-order valence-electron chi connectivity index (χ0n) is 17.2. The van der Waals surface area contributed by atoms with Crippen molar-refractivity contribution >= 4 is 0 Å². The maximum Gasteiger partial charge on any atom is 0.119 e. The molecule has 27 heavy (non-hydrogen) atoms. The van der Waals surface area contributed by atoms with E-state index in [-0.39, 0.29) is 6.10 Å². The van der Waals surface area contributed by atoms with Gasteiger partial charge in [-0.1, -0.05) is 43.7 Å². The van der Waals surface area contributed by atoms with Crippen LogP contribution in [0, 0.1) is 5.92 Å². The standard InChI is InChI=1S/C25H35NO/c1-4-5-24(17-26)23-11-10-21-15-20(6-9-22(21)16-23)14-19-7-12-25(13-8-19)27-18(2)3/h7-8,10-13,16,18,20,24H,4-6,9,14-15,17,26H2,1-3H3/t20-,24?/m0/s1. The molecule has 0 bridgehead atoms. The highest BCUT2D eigenvalue weighted by atomic mass is 16.5. The van der Waals surface area contributed by atoms with Crippen LogP contribution < -0.4 is 10.5 Å². The monoisotopic (exact) mass is 365 g/mol. The molecule has 0 radical (unpaired) electrons. The summed E-state index contributed by atoms with van der Waals surface area (Å²) < 4.78 is 5.75. The van der Waals surface area contributed by atoms with Crippen molar-refractivity contribution in [2.75, 3.05) is 6.54 Å². The Bertz CT molecular complexity index is 720. The predicted molar refractivity (Wildman–Crippen MR) is 115 cm³/mol. The van der Waals surface area contributed by atoms with Crippen LogP contribution in [0.2, 0.25) is 0 Å². The van der Waals surface area contributed by atoms with Crippen LogP contribution in [0.5, 0.6) is 5.75 Å². The highest BCUT2D eigenvalue weighted by Gasteiger charge is 2.20. The molecule has 1 aliphatic rings. The van der Waals surface area contributed by atoms with E-state index in [1.54, 1.807) is 11.1 Å². The van der Waals surface area contributed by atoms with E-state index in [0.29, 0.717) is 5.92 Å². The molecule has 2 aromatic carbocycles. The zero-order chi connectivity index (χ0) is 19.2. The summed E-state index contributed by atoms with van der Waals surface area (Å²) in [7, 11) is 0. The third-order valence-corrected chi connectivity index (χ3v) is 5.77. The molecule has 0 saturated heterocycles. The van der Waals surface area contributed by atoms with Crippen LogP contribution >= 0.6 is 0 Å². The van der Waals surface area contributed by atoms with Crippen LogP contribution in [0.3, 0.4) is 0 Å². The average Bonchev–Trinajstić information content (AvgIpc) is 2.67. The quantitative estimate of drug-likeness (QED) is 0.655. The lowest BCUT2D eigenvalue weighted by atomic mass is 9.79. The number of hydrogen-bond donors (Lipinski definition) is 1. The van der Waals surface area contributed by atoms with E-state index in [9.17, 15) is 0 Å². The van der Waals surface area contributed by atoms with Crippen LogP contribution in [-0.4, -0.2) is 12.6 Å². The lowest BCUT2D eigenvalue weighted by Gasteiger charge is -2.26. The number of aryl methyl sites for hydroxylation is 1. The molecule has 0 spiro atoms. The van der Waals surface area contributed by atoms with Gasteiger partial charge < -0.3 is 10.5 Å². The van der Waals surface area contributed by atoms with Gasteiger partial charge in [0, 0.05) is 0 Å². The van der Waals surface area contributed by atoms with Gasteiger partial charge in [0.15, 0.2) is 0 Å². The van der Waals surface area contributed by atoms with Crippen LogP contribution in [-0.2, 0) is 19.3 Å². The van der Waals surface area contributed by atoms with Gasteiger partial charge >= 0.3 is 0 Å². The van der Waals surface area contributed by atoms with Crippen molar-refractivity contribution in [2.24, 2.45) is 11.7 Å². The second-order valence-electron chi connectivity index (χ2n) is 8.37. The first-order valence-electron chi connectivity index (χ1n) is 10.7. The first kappa shape index (κ1) is 19.9. The van der Waals surface area contributed by atoms with Crippen molar-refractivity contribution < 1.29 is 4.74 Å². The minimum absolute atomic E-state index is 0.229. The van der Waals surface area contributed by atoms with Crippen molar-refractivity contribution in [1.82, 2.24) is 0 Å². The third kappa shape index (κ3) is 5.35. The fraction of sp³-hybridized carbons (Fsp3) is 0.520. The van der Waals surface area contributed by atoms with Gasteiger partial charge in [0.2, 0.25) is 0 Å². The van der Waals surface area contributed by atoms with Crippen molar-refractivity contribution in [2.45, 2.75) is 71.3 Å². The summed E-state index contributed by atoms with van der Waals surface area (Å²) in [4.78, 5) is 0. The molecule has 3 rings (SSSR count).